The van der Waals surface area contributed by atoms with Crippen molar-refractivity contribution in [3.8, 4) is 5.75 Å². The second kappa shape index (κ2) is 6.05. The van der Waals surface area contributed by atoms with Crippen molar-refractivity contribution >= 4 is 5.82 Å². The number of rotatable bonds is 6. The zero-order valence-corrected chi connectivity index (χ0v) is 10.6. The summed E-state index contributed by atoms with van der Waals surface area (Å²) in [5.41, 5.74) is 0. The molecule has 0 aliphatic rings. The van der Waals surface area contributed by atoms with Gasteiger partial charge in [-0.1, -0.05) is 6.92 Å². The summed E-state index contributed by atoms with van der Waals surface area (Å²) in [4.78, 5) is 8.37. The number of nitrogens with zero attached hydrogens (tertiary/aromatic N) is 2. The highest BCUT2D eigenvalue weighted by Crippen LogP contribution is 2.21. The zero-order valence-electron chi connectivity index (χ0n) is 10.6. The molecule has 2 aromatic rings. The lowest BCUT2D eigenvalue weighted by atomic mass is 10.4. The Balaban J connectivity index is 1.99. The highest BCUT2D eigenvalue weighted by Gasteiger charge is 2.06. The van der Waals surface area contributed by atoms with E-state index in [2.05, 4.69) is 22.2 Å². The quantitative estimate of drug-likeness (QED) is 0.850. The number of anilines is 1. The van der Waals surface area contributed by atoms with Crippen LogP contribution >= 0.6 is 0 Å². The standard InChI is InChI=1S/C13H17N3O2/c1-3-7-17-11-5-4-6-14-13(11)16-9-12-15-8-10(2)18-12/h4-6,8H,3,7,9H2,1-2H3,(H,14,16). The van der Waals surface area contributed by atoms with E-state index < -0.39 is 0 Å². The summed E-state index contributed by atoms with van der Waals surface area (Å²) in [7, 11) is 0. The molecule has 0 aliphatic heterocycles. The van der Waals surface area contributed by atoms with Gasteiger partial charge in [-0.25, -0.2) is 9.97 Å². The van der Waals surface area contributed by atoms with Crippen LogP contribution in [0.2, 0.25) is 0 Å². The Hall–Kier alpha value is -2.04. The molecule has 0 spiro atoms. The average Bonchev–Trinajstić information content (AvgIpc) is 2.81. The van der Waals surface area contributed by atoms with Crippen LogP contribution in [0.15, 0.2) is 28.9 Å². The predicted octanol–water partition coefficient (Wildman–Crippen LogP) is 2.78. The van der Waals surface area contributed by atoms with Gasteiger partial charge in [0.05, 0.1) is 19.3 Å². The molecule has 18 heavy (non-hydrogen) atoms. The fraction of sp³-hybridized carbons (Fsp3) is 0.385. The van der Waals surface area contributed by atoms with Crippen LogP contribution in [0.3, 0.4) is 0 Å². The molecule has 0 saturated carbocycles. The molecule has 1 N–H and O–H groups in total. The molecular weight excluding hydrogens is 230 g/mol. The minimum absolute atomic E-state index is 0.493. The molecule has 0 unspecified atom stereocenters. The van der Waals surface area contributed by atoms with Gasteiger partial charge < -0.3 is 14.5 Å². The van der Waals surface area contributed by atoms with E-state index in [-0.39, 0.29) is 0 Å². The smallest absolute Gasteiger partial charge is 0.213 e. The van der Waals surface area contributed by atoms with E-state index in [1.54, 1.807) is 12.4 Å². The van der Waals surface area contributed by atoms with Gasteiger partial charge in [0.15, 0.2) is 11.6 Å². The fourth-order valence-corrected chi connectivity index (χ4v) is 1.49. The molecule has 0 radical (unpaired) electrons. The second-order valence-corrected chi connectivity index (χ2v) is 3.92. The monoisotopic (exact) mass is 247 g/mol. The van der Waals surface area contributed by atoms with Crippen LogP contribution in [0.5, 0.6) is 5.75 Å². The zero-order chi connectivity index (χ0) is 12.8. The van der Waals surface area contributed by atoms with Crippen molar-refractivity contribution in [2.45, 2.75) is 26.8 Å². The summed E-state index contributed by atoms with van der Waals surface area (Å²) in [6.45, 7) is 5.11. The third kappa shape index (κ3) is 3.23. The average molecular weight is 247 g/mol. The first-order valence-electron chi connectivity index (χ1n) is 6.02. The lowest BCUT2D eigenvalue weighted by Gasteiger charge is -2.10. The predicted molar refractivity (Wildman–Crippen MR) is 68.6 cm³/mol. The topological polar surface area (TPSA) is 60.2 Å². The molecular formula is C13H17N3O2. The van der Waals surface area contributed by atoms with Crippen molar-refractivity contribution in [2.75, 3.05) is 11.9 Å². The second-order valence-electron chi connectivity index (χ2n) is 3.92. The van der Waals surface area contributed by atoms with Crippen molar-refractivity contribution in [1.29, 1.82) is 0 Å². The van der Waals surface area contributed by atoms with Crippen molar-refractivity contribution in [1.82, 2.24) is 9.97 Å². The van der Waals surface area contributed by atoms with E-state index in [0.717, 1.165) is 17.9 Å². The number of oxazole rings is 1. The van der Waals surface area contributed by atoms with Crippen molar-refractivity contribution in [2.24, 2.45) is 0 Å². The lowest BCUT2D eigenvalue weighted by molar-refractivity contribution is 0.317. The van der Waals surface area contributed by atoms with Gasteiger partial charge >= 0.3 is 0 Å². The summed E-state index contributed by atoms with van der Waals surface area (Å²) < 4.78 is 11.0. The molecule has 0 saturated heterocycles. The van der Waals surface area contributed by atoms with Gasteiger partial charge in [0.2, 0.25) is 5.89 Å². The number of hydrogen-bond donors (Lipinski definition) is 1. The number of aromatic nitrogens is 2. The van der Waals surface area contributed by atoms with Crippen LogP contribution in [-0.2, 0) is 6.54 Å². The van der Waals surface area contributed by atoms with E-state index in [0.29, 0.717) is 24.9 Å². The number of aryl methyl sites for hydroxylation is 1. The van der Waals surface area contributed by atoms with Gasteiger partial charge in [-0.05, 0) is 25.5 Å². The van der Waals surface area contributed by atoms with E-state index in [1.165, 1.54) is 0 Å². The minimum Gasteiger partial charge on any atom is -0.490 e. The van der Waals surface area contributed by atoms with Crippen LogP contribution in [0.25, 0.3) is 0 Å². The number of pyridine rings is 1. The summed E-state index contributed by atoms with van der Waals surface area (Å²) >= 11 is 0. The Kier molecular flexibility index (Phi) is 4.17. The first-order valence-corrected chi connectivity index (χ1v) is 6.02. The molecule has 0 atom stereocenters. The van der Waals surface area contributed by atoms with E-state index in [1.807, 2.05) is 19.1 Å². The molecule has 2 heterocycles. The Morgan fingerprint density at radius 1 is 1.39 bits per heavy atom. The van der Waals surface area contributed by atoms with E-state index in [9.17, 15) is 0 Å². The number of nitrogens with one attached hydrogen (secondary N) is 1. The maximum absolute atomic E-state index is 5.60. The molecule has 0 aliphatic carbocycles. The lowest BCUT2D eigenvalue weighted by Crippen LogP contribution is -2.05. The Bertz CT molecular complexity index is 496. The van der Waals surface area contributed by atoms with Gasteiger partial charge in [0.25, 0.3) is 0 Å². The minimum atomic E-state index is 0.493. The molecule has 2 rings (SSSR count). The molecule has 96 valence electrons. The summed E-state index contributed by atoms with van der Waals surface area (Å²) in [5.74, 6) is 2.90. The largest absolute Gasteiger partial charge is 0.490 e. The first-order chi connectivity index (χ1) is 8.79. The van der Waals surface area contributed by atoms with Crippen LogP contribution in [0, 0.1) is 6.92 Å². The molecule has 5 heteroatoms. The highest BCUT2D eigenvalue weighted by molar-refractivity contribution is 5.49. The third-order valence-electron chi connectivity index (χ3n) is 2.31. The van der Waals surface area contributed by atoms with Crippen molar-refractivity contribution in [3.05, 3.63) is 36.2 Å². The summed E-state index contributed by atoms with van der Waals surface area (Å²) in [6.07, 6.45) is 4.39. The summed E-state index contributed by atoms with van der Waals surface area (Å²) in [6, 6.07) is 3.75. The van der Waals surface area contributed by atoms with Gasteiger partial charge in [0.1, 0.15) is 5.76 Å². The van der Waals surface area contributed by atoms with Gasteiger partial charge in [-0.3, -0.25) is 0 Å². The van der Waals surface area contributed by atoms with Gasteiger partial charge in [-0.2, -0.15) is 0 Å². The molecule has 0 aromatic carbocycles. The van der Waals surface area contributed by atoms with E-state index in [4.69, 9.17) is 9.15 Å². The molecule has 2 aromatic heterocycles. The van der Waals surface area contributed by atoms with Gasteiger partial charge in [-0.15, -0.1) is 0 Å². The van der Waals surface area contributed by atoms with Crippen molar-refractivity contribution < 1.29 is 9.15 Å². The Labute approximate surface area is 106 Å². The van der Waals surface area contributed by atoms with Crippen LogP contribution in [0.4, 0.5) is 5.82 Å². The Morgan fingerprint density at radius 2 is 2.28 bits per heavy atom. The molecule has 0 bridgehead atoms. The van der Waals surface area contributed by atoms with Crippen LogP contribution in [-0.4, -0.2) is 16.6 Å². The maximum atomic E-state index is 5.60. The Morgan fingerprint density at radius 3 is 3.00 bits per heavy atom. The molecule has 0 amide bonds. The maximum Gasteiger partial charge on any atom is 0.213 e. The first kappa shape index (κ1) is 12.4. The van der Waals surface area contributed by atoms with E-state index >= 15 is 0 Å². The number of ether oxygens (including phenoxy) is 1. The molecule has 5 nitrogen and oxygen atoms in total. The van der Waals surface area contributed by atoms with Crippen LogP contribution < -0.4 is 10.1 Å². The summed E-state index contributed by atoms with van der Waals surface area (Å²) in [5, 5.41) is 3.16. The SMILES string of the molecule is CCCOc1cccnc1NCc1ncc(C)o1. The normalized spacial score (nSPS) is 10.3. The van der Waals surface area contributed by atoms with Gasteiger partial charge in [0, 0.05) is 6.20 Å². The van der Waals surface area contributed by atoms with Crippen molar-refractivity contribution in [3.63, 3.8) is 0 Å². The number of hydrogen-bond acceptors (Lipinski definition) is 5. The fourth-order valence-electron chi connectivity index (χ4n) is 1.49. The third-order valence-corrected chi connectivity index (χ3v) is 2.31. The molecule has 0 fully saturated rings. The highest BCUT2D eigenvalue weighted by atomic mass is 16.5. The van der Waals surface area contributed by atoms with Crippen LogP contribution in [0.1, 0.15) is 25.0 Å².